The Labute approximate surface area is 134 Å². The van der Waals surface area contributed by atoms with E-state index in [4.69, 9.17) is 0 Å². The summed E-state index contributed by atoms with van der Waals surface area (Å²) in [6, 6.07) is 20.8. The Hall–Kier alpha value is -1.91. The van der Waals surface area contributed by atoms with E-state index in [1.165, 1.54) is 15.5 Å². The van der Waals surface area contributed by atoms with Gasteiger partial charge in [0.2, 0.25) is 0 Å². The molecule has 0 saturated heterocycles. The SMILES string of the molecule is Brc1ccc2cc(Nc3nc4ccccc4s3)ccc2c1. The Kier molecular flexibility index (Phi) is 3.13. The molecule has 0 radical (unpaired) electrons. The van der Waals surface area contributed by atoms with Gasteiger partial charge in [-0.05, 0) is 47.2 Å². The number of nitrogens with one attached hydrogen (secondary N) is 1. The summed E-state index contributed by atoms with van der Waals surface area (Å²) in [7, 11) is 0. The van der Waals surface area contributed by atoms with Crippen LogP contribution < -0.4 is 5.32 Å². The van der Waals surface area contributed by atoms with Crippen molar-refractivity contribution in [1.29, 1.82) is 0 Å². The molecule has 0 amide bonds. The molecule has 0 saturated carbocycles. The van der Waals surface area contributed by atoms with E-state index in [1.54, 1.807) is 11.3 Å². The fourth-order valence-corrected chi connectivity index (χ4v) is 3.61. The first-order chi connectivity index (χ1) is 10.3. The van der Waals surface area contributed by atoms with Gasteiger partial charge >= 0.3 is 0 Å². The molecule has 0 bridgehead atoms. The minimum atomic E-state index is 0.924. The molecule has 0 spiro atoms. The lowest BCUT2D eigenvalue weighted by molar-refractivity contribution is 1.45. The molecule has 1 aromatic heterocycles. The maximum absolute atomic E-state index is 4.60. The molecule has 2 nitrogen and oxygen atoms in total. The van der Waals surface area contributed by atoms with Gasteiger partial charge in [-0.15, -0.1) is 0 Å². The Bertz CT molecular complexity index is 913. The number of para-hydroxylation sites is 1. The van der Waals surface area contributed by atoms with Crippen molar-refractivity contribution >= 4 is 59.1 Å². The number of halogens is 1. The van der Waals surface area contributed by atoms with Gasteiger partial charge in [-0.25, -0.2) is 4.98 Å². The molecule has 102 valence electrons. The van der Waals surface area contributed by atoms with Crippen molar-refractivity contribution in [1.82, 2.24) is 4.98 Å². The first-order valence-corrected chi connectivity index (χ1v) is 8.21. The van der Waals surface area contributed by atoms with Crippen LogP contribution in [0.15, 0.2) is 65.1 Å². The van der Waals surface area contributed by atoms with Gasteiger partial charge in [0.25, 0.3) is 0 Å². The van der Waals surface area contributed by atoms with E-state index >= 15 is 0 Å². The second-order valence-electron chi connectivity index (χ2n) is 4.82. The summed E-state index contributed by atoms with van der Waals surface area (Å²) in [6.45, 7) is 0. The Morgan fingerprint density at radius 3 is 2.62 bits per heavy atom. The van der Waals surface area contributed by atoms with Crippen LogP contribution in [0.3, 0.4) is 0 Å². The minimum Gasteiger partial charge on any atom is -0.332 e. The van der Waals surface area contributed by atoms with Crippen molar-refractivity contribution in [2.75, 3.05) is 5.32 Å². The van der Waals surface area contributed by atoms with Crippen LogP contribution in [0.2, 0.25) is 0 Å². The Balaban J connectivity index is 1.71. The zero-order valence-electron chi connectivity index (χ0n) is 11.0. The summed E-state index contributed by atoms with van der Waals surface area (Å²) < 4.78 is 2.30. The van der Waals surface area contributed by atoms with E-state index in [1.807, 2.05) is 18.2 Å². The fraction of sp³-hybridized carbons (Fsp3) is 0. The lowest BCUT2D eigenvalue weighted by Gasteiger charge is -2.05. The van der Waals surface area contributed by atoms with Gasteiger partial charge in [0.05, 0.1) is 10.2 Å². The number of hydrogen-bond acceptors (Lipinski definition) is 3. The number of nitrogens with zero attached hydrogens (tertiary/aromatic N) is 1. The second-order valence-corrected chi connectivity index (χ2v) is 6.76. The summed E-state index contributed by atoms with van der Waals surface area (Å²) in [5.41, 5.74) is 2.10. The van der Waals surface area contributed by atoms with Gasteiger partial charge in [0, 0.05) is 10.2 Å². The molecule has 4 rings (SSSR count). The maximum Gasteiger partial charge on any atom is 0.188 e. The molecule has 4 aromatic rings. The number of hydrogen-bond donors (Lipinski definition) is 1. The average Bonchev–Trinajstić information content (AvgIpc) is 2.89. The van der Waals surface area contributed by atoms with E-state index in [0.717, 1.165) is 20.8 Å². The predicted molar refractivity (Wildman–Crippen MR) is 94.6 cm³/mol. The van der Waals surface area contributed by atoms with Crippen LogP contribution in [0.5, 0.6) is 0 Å². The fourth-order valence-electron chi connectivity index (χ4n) is 2.34. The molecule has 3 aromatic carbocycles. The van der Waals surface area contributed by atoms with Gasteiger partial charge in [0.15, 0.2) is 5.13 Å². The highest BCUT2D eigenvalue weighted by Gasteiger charge is 2.04. The van der Waals surface area contributed by atoms with Gasteiger partial charge in [0.1, 0.15) is 0 Å². The molecule has 1 N–H and O–H groups in total. The third-order valence-corrected chi connectivity index (χ3v) is 4.79. The minimum absolute atomic E-state index is 0.924. The van der Waals surface area contributed by atoms with Crippen molar-refractivity contribution in [3.05, 3.63) is 65.1 Å². The number of anilines is 2. The van der Waals surface area contributed by atoms with Crippen molar-refractivity contribution in [3.63, 3.8) is 0 Å². The normalized spacial score (nSPS) is 11.1. The summed E-state index contributed by atoms with van der Waals surface area (Å²) in [6.07, 6.45) is 0. The average molecular weight is 355 g/mol. The molecular formula is C17H11BrN2S. The Morgan fingerprint density at radius 2 is 1.71 bits per heavy atom. The standard InChI is InChI=1S/C17H11BrN2S/c18-13-7-5-12-10-14(8-6-11(12)9-13)19-17-20-15-3-1-2-4-16(15)21-17/h1-10H,(H,19,20). The van der Waals surface area contributed by atoms with E-state index in [9.17, 15) is 0 Å². The van der Waals surface area contributed by atoms with E-state index < -0.39 is 0 Å². The van der Waals surface area contributed by atoms with Gasteiger partial charge < -0.3 is 5.32 Å². The number of aromatic nitrogens is 1. The van der Waals surface area contributed by atoms with E-state index in [-0.39, 0.29) is 0 Å². The number of rotatable bonds is 2. The highest BCUT2D eigenvalue weighted by Crippen LogP contribution is 2.29. The molecule has 4 heteroatoms. The largest absolute Gasteiger partial charge is 0.332 e. The number of thiazole rings is 1. The molecule has 0 fully saturated rings. The van der Waals surface area contributed by atoms with Crippen LogP contribution in [0.4, 0.5) is 10.8 Å². The lowest BCUT2D eigenvalue weighted by Crippen LogP contribution is -1.88. The second kappa shape index (κ2) is 5.13. The van der Waals surface area contributed by atoms with Crippen LogP contribution in [0, 0.1) is 0 Å². The summed E-state index contributed by atoms with van der Waals surface area (Å²) in [5.74, 6) is 0. The monoisotopic (exact) mass is 354 g/mol. The summed E-state index contributed by atoms with van der Waals surface area (Å²) in [4.78, 5) is 4.60. The topological polar surface area (TPSA) is 24.9 Å². The maximum atomic E-state index is 4.60. The molecule has 0 atom stereocenters. The lowest BCUT2D eigenvalue weighted by atomic mass is 10.1. The number of benzene rings is 3. The van der Waals surface area contributed by atoms with Crippen LogP contribution in [-0.2, 0) is 0 Å². The third-order valence-electron chi connectivity index (χ3n) is 3.35. The molecule has 21 heavy (non-hydrogen) atoms. The molecular weight excluding hydrogens is 344 g/mol. The van der Waals surface area contributed by atoms with Crippen molar-refractivity contribution in [2.24, 2.45) is 0 Å². The zero-order chi connectivity index (χ0) is 14.2. The first-order valence-electron chi connectivity index (χ1n) is 6.60. The van der Waals surface area contributed by atoms with Crippen molar-refractivity contribution < 1.29 is 0 Å². The molecule has 0 unspecified atom stereocenters. The molecule has 0 aliphatic heterocycles. The summed E-state index contributed by atoms with van der Waals surface area (Å²) >= 11 is 5.17. The van der Waals surface area contributed by atoms with E-state index in [0.29, 0.717) is 0 Å². The molecule has 1 heterocycles. The van der Waals surface area contributed by atoms with Crippen molar-refractivity contribution in [3.8, 4) is 0 Å². The van der Waals surface area contributed by atoms with Gasteiger partial charge in [-0.1, -0.05) is 51.5 Å². The van der Waals surface area contributed by atoms with Crippen molar-refractivity contribution in [2.45, 2.75) is 0 Å². The van der Waals surface area contributed by atoms with Crippen LogP contribution in [-0.4, -0.2) is 4.98 Å². The summed E-state index contributed by atoms with van der Waals surface area (Å²) in [5, 5.41) is 6.75. The zero-order valence-corrected chi connectivity index (χ0v) is 13.4. The van der Waals surface area contributed by atoms with Gasteiger partial charge in [-0.2, -0.15) is 0 Å². The van der Waals surface area contributed by atoms with Crippen LogP contribution >= 0.6 is 27.3 Å². The quantitative estimate of drug-likeness (QED) is 0.480. The van der Waals surface area contributed by atoms with Crippen LogP contribution in [0.25, 0.3) is 21.0 Å². The number of fused-ring (bicyclic) bond motifs is 2. The third kappa shape index (κ3) is 2.52. The molecule has 0 aliphatic rings. The highest BCUT2D eigenvalue weighted by molar-refractivity contribution is 9.10. The van der Waals surface area contributed by atoms with Crippen LogP contribution in [0.1, 0.15) is 0 Å². The molecule has 0 aliphatic carbocycles. The van der Waals surface area contributed by atoms with E-state index in [2.05, 4.69) is 68.7 Å². The highest BCUT2D eigenvalue weighted by atomic mass is 79.9. The predicted octanol–water partition coefficient (Wildman–Crippen LogP) is 5.96. The van der Waals surface area contributed by atoms with Gasteiger partial charge in [-0.3, -0.25) is 0 Å². The smallest absolute Gasteiger partial charge is 0.188 e. The Morgan fingerprint density at radius 1 is 0.905 bits per heavy atom. The first kappa shape index (κ1) is 12.8.